The number of sulfonamides is 1. The highest BCUT2D eigenvalue weighted by atomic mass is 32.2. The molecule has 1 N–H and O–H groups in total. The van der Waals surface area contributed by atoms with Gasteiger partial charge in [-0.1, -0.05) is 24.3 Å². The summed E-state index contributed by atoms with van der Waals surface area (Å²) in [7, 11) is -3.83. The van der Waals surface area contributed by atoms with Crippen LogP contribution in [0, 0.1) is 6.92 Å². The van der Waals surface area contributed by atoms with E-state index >= 15 is 0 Å². The van der Waals surface area contributed by atoms with Crippen LogP contribution in [0.2, 0.25) is 0 Å². The van der Waals surface area contributed by atoms with Crippen molar-refractivity contribution in [1.82, 2.24) is 10.2 Å². The Morgan fingerprint density at radius 3 is 2.39 bits per heavy atom. The first-order valence-electron chi connectivity index (χ1n) is 11.9. The van der Waals surface area contributed by atoms with Crippen LogP contribution in [0.4, 0.5) is 5.69 Å². The lowest BCUT2D eigenvalue weighted by molar-refractivity contribution is -0.140. The fourth-order valence-electron chi connectivity index (χ4n) is 3.79. The number of rotatable bonds is 9. The van der Waals surface area contributed by atoms with E-state index in [4.69, 9.17) is 9.47 Å². The van der Waals surface area contributed by atoms with Crippen LogP contribution in [0.15, 0.2) is 42.5 Å². The number of nitrogens with one attached hydrogen (secondary N) is 1. The number of nitrogens with zero attached hydrogens (tertiary/aromatic N) is 2. The molecule has 9 nitrogen and oxygen atoms in total. The van der Waals surface area contributed by atoms with E-state index in [0.29, 0.717) is 11.5 Å². The molecule has 1 aliphatic heterocycles. The van der Waals surface area contributed by atoms with E-state index in [1.807, 2.05) is 52.0 Å². The molecular formula is C26H35N3O6S. The van der Waals surface area contributed by atoms with E-state index in [-0.39, 0.29) is 30.7 Å². The Morgan fingerprint density at radius 1 is 1.08 bits per heavy atom. The normalized spacial score (nSPS) is 13.7. The van der Waals surface area contributed by atoms with Gasteiger partial charge >= 0.3 is 0 Å². The Kier molecular flexibility index (Phi) is 8.18. The summed E-state index contributed by atoms with van der Waals surface area (Å²) in [6.45, 7) is 10.4. The molecule has 36 heavy (non-hydrogen) atoms. The van der Waals surface area contributed by atoms with Crippen molar-refractivity contribution in [3.05, 3.63) is 53.6 Å². The highest BCUT2D eigenvalue weighted by Crippen LogP contribution is 2.36. The molecule has 0 aliphatic carbocycles. The van der Waals surface area contributed by atoms with Crippen molar-refractivity contribution < 1.29 is 27.5 Å². The number of carbonyl (C=O) groups excluding carboxylic acids is 2. The van der Waals surface area contributed by atoms with Crippen LogP contribution < -0.4 is 19.1 Å². The summed E-state index contributed by atoms with van der Waals surface area (Å²) in [4.78, 5) is 28.2. The minimum Gasteiger partial charge on any atom is -0.454 e. The molecule has 2 amide bonds. The van der Waals surface area contributed by atoms with E-state index < -0.39 is 34.1 Å². The second-order valence-corrected chi connectivity index (χ2v) is 12.0. The zero-order chi connectivity index (χ0) is 26.7. The van der Waals surface area contributed by atoms with Gasteiger partial charge in [-0.2, -0.15) is 0 Å². The highest BCUT2D eigenvalue weighted by molar-refractivity contribution is 7.92. The first-order valence-corrected chi connectivity index (χ1v) is 13.5. The second kappa shape index (κ2) is 10.8. The van der Waals surface area contributed by atoms with Gasteiger partial charge in [0.25, 0.3) is 0 Å². The van der Waals surface area contributed by atoms with E-state index in [9.17, 15) is 18.0 Å². The van der Waals surface area contributed by atoms with Gasteiger partial charge in [0.15, 0.2) is 11.5 Å². The average Bonchev–Trinajstić information content (AvgIpc) is 3.28. The molecule has 0 radical (unpaired) electrons. The van der Waals surface area contributed by atoms with Gasteiger partial charge in [-0.15, -0.1) is 0 Å². The SMILES string of the molecule is CCS(=O)(=O)N(CC(=O)N(Cc1ccccc1C)C(C)C(=O)NC(C)(C)C)c1ccc2c(c1)OCO2. The molecular weight excluding hydrogens is 482 g/mol. The van der Waals surface area contributed by atoms with Gasteiger partial charge < -0.3 is 19.7 Å². The molecule has 2 aromatic carbocycles. The Bertz CT molecular complexity index is 1220. The predicted octanol–water partition coefficient (Wildman–Crippen LogP) is 3.21. The number of anilines is 1. The number of hydrogen-bond donors (Lipinski definition) is 1. The van der Waals surface area contributed by atoms with Crippen LogP contribution >= 0.6 is 0 Å². The maximum Gasteiger partial charge on any atom is 0.244 e. The third-order valence-corrected chi connectivity index (χ3v) is 7.63. The summed E-state index contributed by atoms with van der Waals surface area (Å²) in [6.07, 6.45) is 0. The van der Waals surface area contributed by atoms with Gasteiger partial charge in [-0.05, 0) is 64.8 Å². The number of benzene rings is 2. The molecule has 0 spiro atoms. The summed E-state index contributed by atoms with van der Waals surface area (Å²) in [5, 5.41) is 2.91. The third-order valence-electron chi connectivity index (χ3n) is 5.89. The van der Waals surface area contributed by atoms with Gasteiger partial charge in [-0.25, -0.2) is 8.42 Å². The number of hydrogen-bond acceptors (Lipinski definition) is 6. The molecule has 3 rings (SSSR count). The Labute approximate surface area is 213 Å². The third kappa shape index (κ3) is 6.48. The maximum atomic E-state index is 13.7. The van der Waals surface area contributed by atoms with E-state index in [0.717, 1.165) is 15.4 Å². The number of fused-ring (bicyclic) bond motifs is 1. The largest absolute Gasteiger partial charge is 0.454 e. The van der Waals surface area contributed by atoms with Crippen molar-refractivity contribution in [3.8, 4) is 11.5 Å². The molecule has 196 valence electrons. The molecule has 0 saturated carbocycles. The van der Waals surface area contributed by atoms with Gasteiger partial charge in [0, 0.05) is 18.2 Å². The van der Waals surface area contributed by atoms with Crippen LogP contribution in [0.1, 0.15) is 45.7 Å². The highest BCUT2D eigenvalue weighted by Gasteiger charge is 2.32. The van der Waals surface area contributed by atoms with E-state index in [1.54, 1.807) is 25.1 Å². The summed E-state index contributed by atoms with van der Waals surface area (Å²) in [5.74, 6) is -0.104. The lowest BCUT2D eigenvalue weighted by atomic mass is 10.1. The summed E-state index contributed by atoms with van der Waals surface area (Å²) in [5.41, 5.74) is 1.63. The van der Waals surface area contributed by atoms with Crippen molar-refractivity contribution in [2.45, 2.75) is 59.7 Å². The standard InChI is InChI=1S/C26H35N3O6S/c1-7-36(32,33)29(21-12-13-22-23(14-21)35-17-34-22)16-24(30)28(15-20-11-9-8-10-18(20)2)19(3)25(31)27-26(4,5)6/h8-14,19H,7,15-17H2,1-6H3,(H,27,31). The fraction of sp³-hybridized carbons (Fsp3) is 0.462. The molecule has 0 saturated heterocycles. The number of carbonyl (C=O) groups is 2. The lowest BCUT2D eigenvalue weighted by Crippen LogP contribution is -2.54. The molecule has 0 fully saturated rings. The van der Waals surface area contributed by atoms with E-state index in [2.05, 4.69) is 5.32 Å². The van der Waals surface area contributed by atoms with Crippen LogP contribution in [-0.4, -0.2) is 55.8 Å². The number of ether oxygens (including phenoxy) is 2. The molecule has 1 atom stereocenters. The molecule has 1 heterocycles. The first-order chi connectivity index (χ1) is 16.8. The summed E-state index contributed by atoms with van der Waals surface area (Å²) in [6, 6.07) is 11.5. The van der Waals surface area contributed by atoms with Gasteiger partial charge in [0.1, 0.15) is 12.6 Å². The van der Waals surface area contributed by atoms with Gasteiger partial charge in [-0.3, -0.25) is 13.9 Å². The van der Waals surface area contributed by atoms with Gasteiger partial charge in [0.05, 0.1) is 11.4 Å². The Balaban J connectivity index is 1.96. The first kappa shape index (κ1) is 27.3. The summed E-state index contributed by atoms with van der Waals surface area (Å²) >= 11 is 0. The topological polar surface area (TPSA) is 105 Å². The molecule has 1 unspecified atom stereocenters. The molecule has 2 aromatic rings. The van der Waals surface area contributed by atoms with Crippen molar-refractivity contribution in [2.75, 3.05) is 23.4 Å². The Hall–Kier alpha value is -3.27. The molecule has 10 heteroatoms. The Morgan fingerprint density at radius 2 is 1.75 bits per heavy atom. The second-order valence-electron chi connectivity index (χ2n) is 9.81. The summed E-state index contributed by atoms with van der Waals surface area (Å²) < 4.78 is 37.9. The number of amides is 2. The predicted molar refractivity (Wildman–Crippen MR) is 138 cm³/mol. The lowest BCUT2D eigenvalue weighted by Gasteiger charge is -2.33. The van der Waals surface area contributed by atoms with Crippen LogP contribution in [-0.2, 0) is 26.2 Å². The van der Waals surface area contributed by atoms with Crippen molar-refractivity contribution in [3.63, 3.8) is 0 Å². The van der Waals surface area contributed by atoms with Crippen LogP contribution in [0.3, 0.4) is 0 Å². The monoisotopic (exact) mass is 517 g/mol. The molecule has 1 aliphatic rings. The fourth-order valence-corrected chi connectivity index (χ4v) is 4.84. The maximum absolute atomic E-state index is 13.7. The van der Waals surface area contributed by atoms with E-state index in [1.165, 1.54) is 11.8 Å². The number of aryl methyl sites for hydroxylation is 1. The van der Waals surface area contributed by atoms with Crippen LogP contribution in [0.25, 0.3) is 0 Å². The van der Waals surface area contributed by atoms with Gasteiger partial charge in [0.2, 0.25) is 28.6 Å². The van der Waals surface area contributed by atoms with Crippen molar-refractivity contribution in [2.24, 2.45) is 0 Å². The quantitative estimate of drug-likeness (QED) is 0.548. The minimum atomic E-state index is -3.83. The zero-order valence-corrected chi connectivity index (χ0v) is 22.5. The van der Waals surface area contributed by atoms with Crippen LogP contribution in [0.5, 0.6) is 11.5 Å². The minimum absolute atomic E-state index is 0.0445. The average molecular weight is 518 g/mol. The zero-order valence-electron chi connectivity index (χ0n) is 21.7. The molecule has 0 aromatic heterocycles. The van der Waals surface area contributed by atoms with Crippen molar-refractivity contribution in [1.29, 1.82) is 0 Å². The van der Waals surface area contributed by atoms with Crippen molar-refractivity contribution >= 4 is 27.5 Å². The smallest absolute Gasteiger partial charge is 0.244 e. The molecule has 0 bridgehead atoms.